The normalized spacial score (nSPS) is 10.0. The minimum absolute atomic E-state index is 0. The minimum atomic E-state index is -0.0286. The molecule has 1 aromatic heterocycles. The van der Waals surface area contributed by atoms with Crippen LogP contribution < -0.4 is 9.88 Å². The zero-order chi connectivity index (χ0) is 14.7. The SMILES string of the molecule is Cc1ccc(NC(=O)C[n+]2ccc3ccccc3c2)cc1.Cl. The van der Waals surface area contributed by atoms with Crippen molar-refractivity contribution in [2.24, 2.45) is 0 Å². The van der Waals surface area contributed by atoms with Crippen LogP contribution in [-0.4, -0.2) is 5.91 Å². The minimum Gasteiger partial charge on any atom is -0.321 e. The maximum atomic E-state index is 12.1. The van der Waals surface area contributed by atoms with Gasteiger partial charge in [0, 0.05) is 17.1 Å². The highest BCUT2D eigenvalue weighted by atomic mass is 35.5. The fourth-order valence-corrected chi connectivity index (χ4v) is 2.28. The molecule has 3 nitrogen and oxygen atoms in total. The number of halogens is 1. The first-order valence-electron chi connectivity index (χ1n) is 6.95. The van der Waals surface area contributed by atoms with Gasteiger partial charge in [-0.3, -0.25) is 4.79 Å². The van der Waals surface area contributed by atoms with E-state index in [4.69, 9.17) is 0 Å². The van der Waals surface area contributed by atoms with Crippen molar-refractivity contribution in [3.05, 3.63) is 72.6 Å². The molecule has 0 atom stereocenters. The number of aryl methyl sites for hydroxylation is 1. The number of hydrogen-bond acceptors (Lipinski definition) is 1. The van der Waals surface area contributed by atoms with E-state index < -0.39 is 0 Å². The summed E-state index contributed by atoms with van der Waals surface area (Å²) in [5.41, 5.74) is 2.00. The van der Waals surface area contributed by atoms with Crippen molar-refractivity contribution in [1.82, 2.24) is 0 Å². The van der Waals surface area contributed by atoms with E-state index in [0.717, 1.165) is 11.1 Å². The van der Waals surface area contributed by atoms with Gasteiger partial charge in [0.25, 0.3) is 5.91 Å². The fraction of sp³-hybridized carbons (Fsp3) is 0.111. The molecule has 1 amide bonds. The van der Waals surface area contributed by atoms with Gasteiger partial charge < -0.3 is 5.32 Å². The molecule has 0 aliphatic heterocycles. The summed E-state index contributed by atoms with van der Waals surface area (Å²) in [5.74, 6) is -0.0286. The van der Waals surface area contributed by atoms with Gasteiger partial charge in [0.1, 0.15) is 0 Å². The maximum Gasteiger partial charge on any atom is 0.290 e. The van der Waals surface area contributed by atoms with E-state index in [1.807, 2.05) is 72.4 Å². The molecule has 0 bridgehead atoms. The molecule has 0 spiro atoms. The van der Waals surface area contributed by atoms with Crippen LogP contribution in [0.5, 0.6) is 0 Å². The molecule has 0 unspecified atom stereocenters. The van der Waals surface area contributed by atoms with Gasteiger partial charge in [-0.15, -0.1) is 12.4 Å². The van der Waals surface area contributed by atoms with E-state index in [0.29, 0.717) is 6.54 Å². The third kappa shape index (κ3) is 3.83. The van der Waals surface area contributed by atoms with Gasteiger partial charge in [0.05, 0.1) is 0 Å². The Morgan fingerprint density at radius 3 is 2.41 bits per heavy atom. The summed E-state index contributed by atoms with van der Waals surface area (Å²) in [6.45, 7) is 2.33. The highest BCUT2D eigenvalue weighted by Gasteiger charge is 2.10. The zero-order valence-electron chi connectivity index (χ0n) is 12.3. The lowest BCUT2D eigenvalue weighted by Gasteiger charge is -2.04. The van der Waals surface area contributed by atoms with Gasteiger partial charge in [0.2, 0.25) is 6.54 Å². The van der Waals surface area contributed by atoms with Crippen LogP contribution >= 0.6 is 12.4 Å². The van der Waals surface area contributed by atoms with Crippen molar-refractivity contribution < 1.29 is 9.36 Å². The summed E-state index contributed by atoms with van der Waals surface area (Å²) in [6, 6.07) is 17.9. The lowest BCUT2D eigenvalue weighted by Crippen LogP contribution is -2.39. The van der Waals surface area contributed by atoms with Crippen LogP contribution in [0.3, 0.4) is 0 Å². The molecular weight excluding hydrogens is 296 g/mol. The number of carbonyl (C=O) groups is 1. The summed E-state index contributed by atoms with van der Waals surface area (Å²) < 4.78 is 1.89. The van der Waals surface area contributed by atoms with Gasteiger partial charge in [0.15, 0.2) is 12.4 Å². The topological polar surface area (TPSA) is 33.0 Å². The summed E-state index contributed by atoms with van der Waals surface area (Å²) in [4.78, 5) is 12.1. The van der Waals surface area contributed by atoms with Crippen LogP contribution in [-0.2, 0) is 11.3 Å². The van der Waals surface area contributed by atoms with Gasteiger partial charge in [-0.1, -0.05) is 35.9 Å². The number of rotatable bonds is 3. The standard InChI is InChI=1S/C18H16N2O.ClH/c1-14-6-8-17(9-7-14)19-18(21)13-20-11-10-15-4-2-3-5-16(15)12-20;/h2-12H,13H2,1H3;1H/p+1. The Bertz CT molecular complexity index is 784. The third-order valence-electron chi connectivity index (χ3n) is 3.41. The molecule has 4 heteroatoms. The van der Waals surface area contributed by atoms with Crippen molar-refractivity contribution >= 4 is 34.8 Å². The van der Waals surface area contributed by atoms with Crippen LogP contribution in [0, 0.1) is 6.92 Å². The Hall–Kier alpha value is -2.39. The van der Waals surface area contributed by atoms with Gasteiger partial charge in [-0.25, -0.2) is 0 Å². The van der Waals surface area contributed by atoms with Gasteiger partial charge in [-0.05, 0) is 30.5 Å². The zero-order valence-corrected chi connectivity index (χ0v) is 13.1. The second-order valence-corrected chi connectivity index (χ2v) is 5.16. The number of anilines is 1. The molecule has 0 radical (unpaired) electrons. The molecule has 1 heterocycles. The van der Waals surface area contributed by atoms with Crippen LogP contribution in [0.25, 0.3) is 10.8 Å². The highest BCUT2D eigenvalue weighted by molar-refractivity contribution is 5.89. The molecule has 112 valence electrons. The predicted octanol–water partition coefficient (Wildman–Crippen LogP) is 3.50. The molecule has 0 saturated carbocycles. The predicted molar refractivity (Wildman–Crippen MR) is 91.2 cm³/mol. The Kier molecular flexibility index (Phi) is 5.12. The average molecular weight is 314 g/mol. The van der Waals surface area contributed by atoms with E-state index >= 15 is 0 Å². The second-order valence-electron chi connectivity index (χ2n) is 5.16. The molecule has 0 saturated heterocycles. The number of aromatic nitrogens is 1. The summed E-state index contributed by atoms with van der Waals surface area (Å²) >= 11 is 0. The van der Waals surface area contributed by atoms with Crippen molar-refractivity contribution in [2.45, 2.75) is 13.5 Å². The quantitative estimate of drug-likeness (QED) is 0.738. The number of carbonyl (C=O) groups excluding carboxylic acids is 1. The Balaban J connectivity index is 0.00000176. The van der Waals surface area contributed by atoms with Crippen molar-refractivity contribution in [3.63, 3.8) is 0 Å². The van der Waals surface area contributed by atoms with Crippen LogP contribution in [0.2, 0.25) is 0 Å². The first-order valence-corrected chi connectivity index (χ1v) is 6.95. The Morgan fingerprint density at radius 2 is 1.68 bits per heavy atom. The first kappa shape index (κ1) is 16.0. The van der Waals surface area contributed by atoms with E-state index in [2.05, 4.69) is 11.4 Å². The molecule has 0 aliphatic carbocycles. The van der Waals surface area contributed by atoms with Gasteiger partial charge in [-0.2, -0.15) is 4.57 Å². The number of amides is 1. The highest BCUT2D eigenvalue weighted by Crippen LogP contribution is 2.10. The van der Waals surface area contributed by atoms with E-state index in [9.17, 15) is 4.79 Å². The van der Waals surface area contributed by atoms with Crippen LogP contribution in [0.4, 0.5) is 5.69 Å². The Morgan fingerprint density at radius 1 is 1.00 bits per heavy atom. The number of pyridine rings is 1. The largest absolute Gasteiger partial charge is 0.321 e. The van der Waals surface area contributed by atoms with Gasteiger partial charge >= 0.3 is 0 Å². The summed E-state index contributed by atoms with van der Waals surface area (Å²) in [6.07, 6.45) is 3.92. The Labute approximate surface area is 136 Å². The smallest absolute Gasteiger partial charge is 0.290 e. The van der Waals surface area contributed by atoms with E-state index in [1.165, 1.54) is 10.9 Å². The summed E-state index contributed by atoms with van der Waals surface area (Å²) in [7, 11) is 0. The lowest BCUT2D eigenvalue weighted by molar-refractivity contribution is -0.682. The molecular formula is C18H18ClN2O+. The third-order valence-corrected chi connectivity index (χ3v) is 3.41. The van der Waals surface area contributed by atoms with Crippen molar-refractivity contribution in [2.75, 3.05) is 5.32 Å². The van der Waals surface area contributed by atoms with Crippen molar-refractivity contribution in [1.29, 1.82) is 0 Å². The van der Waals surface area contributed by atoms with Crippen molar-refractivity contribution in [3.8, 4) is 0 Å². The summed E-state index contributed by atoms with van der Waals surface area (Å²) in [5, 5.41) is 5.21. The molecule has 0 aliphatic rings. The van der Waals surface area contributed by atoms with E-state index in [1.54, 1.807) is 0 Å². The number of benzene rings is 2. The van der Waals surface area contributed by atoms with Crippen LogP contribution in [0.15, 0.2) is 67.0 Å². The molecule has 22 heavy (non-hydrogen) atoms. The molecule has 2 aromatic carbocycles. The maximum absolute atomic E-state index is 12.1. The average Bonchev–Trinajstić information content (AvgIpc) is 2.49. The number of fused-ring (bicyclic) bond motifs is 1. The number of hydrogen-bond donors (Lipinski definition) is 1. The molecule has 1 N–H and O–H groups in total. The monoisotopic (exact) mass is 313 g/mol. The number of nitrogens with zero attached hydrogens (tertiary/aromatic N) is 1. The van der Waals surface area contributed by atoms with E-state index in [-0.39, 0.29) is 18.3 Å². The number of nitrogens with one attached hydrogen (secondary N) is 1. The fourth-order valence-electron chi connectivity index (χ4n) is 2.28. The molecule has 3 rings (SSSR count). The second kappa shape index (κ2) is 7.05. The molecule has 0 fully saturated rings. The molecule has 3 aromatic rings. The lowest BCUT2D eigenvalue weighted by atomic mass is 10.2. The van der Waals surface area contributed by atoms with Crippen LogP contribution in [0.1, 0.15) is 5.56 Å². The first-order chi connectivity index (χ1) is 10.2.